The molecule has 0 spiro atoms. The maximum absolute atomic E-state index is 13.6. The van der Waals surface area contributed by atoms with Crippen LogP contribution in [0.25, 0.3) is 22.3 Å². The maximum Gasteiger partial charge on any atom is 0.159 e. The highest BCUT2D eigenvalue weighted by Crippen LogP contribution is 2.33. The van der Waals surface area contributed by atoms with Crippen LogP contribution in [0.1, 0.15) is 19.8 Å². The molecule has 128 valence electrons. The van der Waals surface area contributed by atoms with Gasteiger partial charge < -0.3 is 4.74 Å². The van der Waals surface area contributed by atoms with Crippen molar-refractivity contribution in [3.63, 3.8) is 0 Å². The zero-order chi connectivity index (χ0) is 17.6. The van der Waals surface area contributed by atoms with E-state index >= 15 is 0 Å². The Labute approximate surface area is 146 Å². The molecule has 0 aliphatic carbocycles. The van der Waals surface area contributed by atoms with Gasteiger partial charge in [-0.25, -0.2) is 8.78 Å². The van der Waals surface area contributed by atoms with Gasteiger partial charge in [0.25, 0.3) is 0 Å². The first-order chi connectivity index (χ1) is 12.2. The van der Waals surface area contributed by atoms with Crippen LogP contribution in [0.15, 0.2) is 66.7 Å². The van der Waals surface area contributed by atoms with Crippen molar-refractivity contribution in [1.82, 2.24) is 0 Å². The number of halogens is 2. The average Bonchev–Trinajstić information content (AvgIpc) is 2.65. The summed E-state index contributed by atoms with van der Waals surface area (Å²) in [5.74, 6) is -0.843. The van der Waals surface area contributed by atoms with E-state index < -0.39 is 11.6 Å². The molecule has 3 aromatic rings. The summed E-state index contributed by atoms with van der Waals surface area (Å²) in [6.45, 7) is 2.84. The molecule has 0 amide bonds. The number of unbranched alkanes of at least 4 members (excludes halogenated alkanes) is 1. The van der Waals surface area contributed by atoms with E-state index in [0.29, 0.717) is 12.2 Å². The fourth-order valence-corrected chi connectivity index (χ4v) is 2.72. The van der Waals surface area contributed by atoms with Gasteiger partial charge in [0.05, 0.1) is 6.61 Å². The Balaban J connectivity index is 1.91. The second-order valence-corrected chi connectivity index (χ2v) is 5.90. The molecule has 0 unspecified atom stereocenters. The van der Waals surface area contributed by atoms with E-state index in [1.165, 1.54) is 6.07 Å². The molecule has 25 heavy (non-hydrogen) atoms. The van der Waals surface area contributed by atoms with Gasteiger partial charge >= 0.3 is 0 Å². The van der Waals surface area contributed by atoms with Crippen LogP contribution >= 0.6 is 0 Å². The Bertz CT molecular complexity index is 841. The number of hydrogen-bond donors (Lipinski definition) is 0. The zero-order valence-electron chi connectivity index (χ0n) is 14.1. The minimum absolute atomic E-state index is 0.651. The van der Waals surface area contributed by atoms with Crippen molar-refractivity contribution in [3.8, 4) is 28.0 Å². The third-order valence-corrected chi connectivity index (χ3v) is 4.09. The lowest BCUT2D eigenvalue weighted by molar-refractivity contribution is 0.309. The largest absolute Gasteiger partial charge is 0.494 e. The molecule has 0 fully saturated rings. The molecule has 0 bridgehead atoms. The first-order valence-corrected chi connectivity index (χ1v) is 8.46. The predicted molar refractivity (Wildman–Crippen MR) is 97.6 cm³/mol. The fourth-order valence-electron chi connectivity index (χ4n) is 2.72. The maximum atomic E-state index is 13.6. The molecule has 0 aliphatic rings. The van der Waals surface area contributed by atoms with Crippen LogP contribution in [0.5, 0.6) is 5.75 Å². The second-order valence-electron chi connectivity index (χ2n) is 5.90. The van der Waals surface area contributed by atoms with Gasteiger partial charge in [-0.2, -0.15) is 0 Å². The van der Waals surface area contributed by atoms with Gasteiger partial charge in [-0.3, -0.25) is 0 Å². The minimum atomic E-state index is -0.841. The van der Waals surface area contributed by atoms with Gasteiger partial charge in [0.15, 0.2) is 11.6 Å². The van der Waals surface area contributed by atoms with Crippen molar-refractivity contribution in [2.24, 2.45) is 0 Å². The molecule has 0 radical (unpaired) electrons. The lowest BCUT2D eigenvalue weighted by Crippen LogP contribution is -1.96. The van der Waals surface area contributed by atoms with Gasteiger partial charge in [-0.1, -0.05) is 55.8 Å². The highest BCUT2D eigenvalue weighted by molar-refractivity contribution is 5.83. The Morgan fingerprint density at radius 3 is 2.04 bits per heavy atom. The summed E-state index contributed by atoms with van der Waals surface area (Å²) >= 11 is 0. The summed E-state index contributed by atoms with van der Waals surface area (Å²) in [6.07, 6.45) is 2.13. The summed E-state index contributed by atoms with van der Waals surface area (Å²) in [6, 6.07) is 19.5. The molecule has 3 heteroatoms. The topological polar surface area (TPSA) is 9.23 Å². The number of benzene rings is 3. The molecule has 0 atom stereocenters. The van der Waals surface area contributed by atoms with Crippen molar-refractivity contribution in [1.29, 1.82) is 0 Å². The molecule has 0 saturated heterocycles. The summed E-state index contributed by atoms with van der Waals surface area (Å²) in [5, 5.41) is 0. The first kappa shape index (κ1) is 17.2. The average molecular weight is 338 g/mol. The summed E-state index contributed by atoms with van der Waals surface area (Å²) in [7, 11) is 0. The smallest absolute Gasteiger partial charge is 0.159 e. The fraction of sp³-hybridized carbons (Fsp3) is 0.182. The highest BCUT2D eigenvalue weighted by atomic mass is 19.2. The summed E-state index contributed by atoms with van der Waals surface area (Å²) in [4.78, 5) is 0. The van der Waals surface area contributed by atoms with E-state index in [9.17, 15) is 8.78 Å². The van der Waals surface area contributed by atoms with Crippen LogP contribution in [0, 0.1) is 11.6 Å². The number of ether oxygens (including phenoxy) is 1. The van der Waals surface area contributed by atoms with Crippen LogP contribution in [0.2, 0.25) is 0 Å². The van der Waals surface area contributed by atoms with E-state index in [4.69, 9.17) is 4.74 Å². The Kier molecular flexibility index (Phi) is 5.44. The molecule has 0 heterocycles. The highest BCUT2D eigenvalue weighted by Gasteiger charge is 2.10. The van der Waals surface area contributed by atoms with E-state index in [2.05, 4.69) is 6.92 Å². The van der Waals surface area contributed by atoms with Crippen LogP contribution in [-0.2, 0) is 0 Å². The third kappa shape index (κ3) is 4.05. The molecular formula is C22H20F2O. The van der Waals surface area contributed by atoms with Gasteiger partial charge in [0, 0.05) is 0 Å². The Morgan fingerprint density at radius 1 is 0.760 bits per heavy atom. The monoisotopic (exact) mass is 338 g/mol. The van der Waals surface area contributed by atoms with Gasteiger partial charge in [0.2, 0.25) is 0 Å². The lowest BCUT2D eigenvalue weighted by atomic mass is 9.94. The van der Waals surface area contributed by atoms with Crippen LogP contribution in [-0.4, -0.2) is 6.61 Å². The van der Waals surface area contributed by atoms with Crippen molar-refractivity contribution < 1.29 is 13.5 Å². The predicted octanol–water partition coefficient (Wildman–Crippen LogP) is 6.48. The quantitative estimate of drug-likeness (QED) is 0.468. The van der Waals surface area contributed by atoms with Crippen molar-refractivity contribution >= 4 is 0 Å². The van der Waals surface area contributed by atoms with Gasteiger partial charge in [0.1, 0.15) is 5.75 Å². The van der Waals surface area contributed by atoms with E-state index in [1.54, 1.807) is 6.07 Å². The third-order valence-electron chi connectivity index (χ3n) is 4.09. The van der Waals surface area contributed by atoms with Gasteiger partial charge in [-0.05, 0) is 52.9 Å². The van der Waals surface area contributed by atoms with Gasteiger partial charge in [-0.15, -0.1) is 0 Å². The van der Waals surface area contributed by atoms with Crippen LogP contribution in [0.4, 0.5) is 8.78 Å². The van der Waals surface area contributed by atoms with E-state index in [-0.39, 0.29) is 0 Å². The molecule has 3 aromatic carbocycles. The van der Waals surface area contributed by atoms with Crippen LogP contribution in [0.3, 0.4) is 0 Å². The molecule has 0 N–H and O–H groups in total. The lowest BCUT2D eigenvalue weighted by Gasteiger charge is -2.11. The minimum Gasteiger partial charge on any atom is -0.494 e. The SMILES string of the molecule is CCCCOc1ccc(-c2ccccc2-c2ccc(F)c(F)c2)cc1. The Hall–Kier alpha value is -2.68. The molecule has 0 aliphatic heterocycles. The standard InChI is InChI=1S/C22H20F2O/c1-2-3-14-25-18-11-8-16(9-12-18)19-6-4-5-7-20(19)17-10-13-21(23)22(24)15-17/h4-13,15H,2-3,14H2,1H3. The summed E-state index contributed by atoms with van der Waals surface area (Å²) < 4.78 is 32.5. The molecule has 1 nitrogen and oxygen atoms in total. The zero-order valence-corrected chi connectivity index (χ0v) is 14.1. The number of rotatable bonds is 6. The van der Waals surface area contributed by atoms with Crippen molar-refractivity contribution in [2.75, 3.05) is 6.61 Å². The van der Waals surface area contributed by atoms with Crippen LogP contribution < -0.4 is 4.74 Å². The molecule has 0 saturated carbocycles. The second kappa shape index (κ2) is 7.93. The van der Waals surface area contributed by atoms with Crippen molar-refractivity contribution in [2.45, 2.75) is 19.8 Å². The number of hydrogen-bond acceptors (Lipinski definition) is 1. The summed E-state index contributed by atoms with van der Waals surface area (Å²) in [5.41, 5.74) is 3.48. The van der Waals surface area contributed by atoms with Crippen molar-refractivity contribution in [3.05, 3.63) is 78.4 Å². The first-order valence-electron chi connectivity index (χ1n) is 8.46. The van der Waals surface area contributed by atoms with E-state index in [0.717, 1.165) is 41.3 Å². The normalized spacial score (nSPS) is 10.7. The molecule has 0 aromatic heterocycles. The Morgan fingerprint density at radius 2 is 1.40 bits per heavy atom. The molecular weight excluding hydrogens is 318 g/mol. The van der Waals surface area contributed by atoms with E-state index in [1.807, 2.05) is 48.5 Å². The molecule has 3 rings (SSSR count).